The van der Waals surface area contributed by atoms with Crippen molar-refractivity contribution in [1.82, 2.24) is 0 Å². The fraction of sp³-hybridized carbons (Fsp3) is 0.235. The average Bonchev–Trinajstić information content (AvgIpc) is 2.56. The number of nitrogens with one attached hydrogen (secondary N) is 1. The molecule has 0 atom stereocenters. The molecule has 1 heterocycles. The Morgan fingerprint density at radius 1 is 1.05 bits per heavy atom. The quantitative estimate of drug-likeness (QED) is 0.926. The summed E-state index contributed by atoms with van der Waals surface area (Å²) in [5.74, 6) is 0.651. The summed E-state index contributed by atoms with van der Waals surface area (Å²) in [6.07, 6.45) is 0. The van der Waals surface area contributed by atoms with Crippen LogP contribution in [-0.2, 0) is 0 Å². The molecule has 0 aromatic heterocycles. The summed E-state index contributed by atoms with van der Waals surface area (Å²) < 4.78 is 5.28. The topological polar surface area (TPSA) is 44.8 Å². The fourth-order valence-corrected chi connectivity index (χ4v) is 2.65. The first-order valence-electron chi connectivity index (χ1n) is 7.22. The summed E-state index contributed by atoms with van der Waals surface area (Å²) >= 11 is 0. The lowest BCUT2D eigenvalue weighted by molar-refractivity contribution is 0.256. The molecular weight excluding hydrogens is 278 g/mol. The molecule has 1 aliphatic rings. The van der Waals surface area contributed by atoms with Crippen LogP contribution >= 0.6 is 0 Å². The van der Waals surface area contributed by atoms with E-state index in [1.54, 1.807) is 12.0 Å². The number of rotatable bonds is 2. The molecule has 0 saturated carbocycles. The van der Waals surface area contributed by atoms with Gasteiger partial charge in [0.1, 0.15) is 5.75 Å². The van der Waals surface area contributed by atoms with Gasteiger partial charge >= 0.3 is 6.03 Å². The molecule has 0 saturated heterocycles. The molecule has 2 aromatic rings. The third-order valence-corrected chi connectivity index (χ3v) is 3.84. The second-order valence-corrected chi connectivity index (χ2v) is 5.19. The van der Waals surface area contributed by atoms with Gasteiger partial charge in [-0.1, -0.05) is 24.3 Å². The van der Waals surface area contributed by atoms with Crippen LogP contribution in [0, 0.1) is 0 Å². The van der Waals surface area contributed by atoms with Crippen LogP contribution in [0.1, 0.15) is 0 Å². The Kier molecular flexibility index (Phi) is 3.87. The van der Waals surface area contributed by atoms with Crippen LogP contribution in [0.5, 0.6) is 5.75 Å². The highest BCUT2D eigenvalue weighted by Crippen LogP contribution is 2.32. The molecule has 5 heteroatoms. The summed E-state index contributed by atoms with van der Waals surface area (Å²) in [7, 11) is 3.63. The lowest BCUT2D eigenvalue weighted by atomic mass is 10.2. The Bertz CT molecular complexity index is 687. The Balaban J connectivity index is 1.86. The summed E-state index contributed by atoms with van der Waals surface area (Å²) in [5, 5.41) is 2.93. The first-order chi connectivity index (χ1) is 10.7. The van der Waals surface area contributed by atoms with Gasteiger partial charge in [0.2, 0.25) is 0 Å². The predicted octanol–water partition coefficient (Wildman–Crippen LogP) is 3.18. The minimum Gasteiger partial charge on any atom is -0.495 e. The van der Waals surface area contributed by atoms with Crippen molar-refractivity contribution in [3.8, 4) is 5.75 Å². The van der Waals surface area contributed by atoms with Crippen molar-refractivity contribution in [3.05, 3.63) is 48.5 Å². The van der Waals surface area contributed by atoms with E-state index in [0.29, 0.717) is 18.0 Å². The number of methoxy groups -OCH3 is 1. The van der Waals surface area contributed by atoms with Crippen LogP contribution in [0.25, 0.3) is 0 Å². The van der Waals surface area contributed by atoms with Gasteiger partial charge in [0, 0.05) is 20.1 Å². The van der Waals surface area contributed by atoms with Crippen LogP contribution < -0.4 is 19.9 Å². The molecule has 0 aliphatic carbocycles. The highest BCUT2D eigenvalue weighted by molar-refractivity contribution is 6.05. The average molecular weight is 297 g/mol. The van der Waals surface area contributed by atoms with E-state index in [0.717, 1.165) is 17.9 Å². The molecule has 0 bridgehead atoms. The van der Waals surface area contributed by atoms with E-state index in [1.807, 2.05) is 55.6 Å². The molecule has 2 aromatic carbocycles. The maximum atomic E-state index is 12.6. The molecule has 0 fully saturated rings. The van der Waals surface area contributed by atoms with E-state index in [4.69, 9.17) is 4.74 Å². The molecule has 1 aliphatic heterocycles. The summed E-state index contributed by atoms with van der Waals surface area (Å²) in [4.78, 5) is 16.6. The van der Waals surface area contributed by atoms with Crippen molar-refractivity contribution >= 4 is 23.1 Å². The van der Waals surface area contributed by atoms with Crippen molar-refractivity contribution in [3.63, 3.8) is 0 Å². The lowest BCUT2D eigenvalue weighted by Gasteiger charge is -2.35. The van der Waals surface area contributed by atoms with Crippen molar-refractivity contribution in [1.29, 1.82) is 0 Å². The molecule has 0 unspecified atom stereocenters. The van der Waals surface area contributed by atoms with Crippen LogP contribution in [-0.4, -0.2) is 33.3 Å². The SMILES string of the molecule is COc1ccccc1NC(=O)N1CCN(C)c2ccccc21. The molecule has 22 heavy (non-hydrogen) atoms. The number of urea groups is 1. The van der Waals surface area contributed by atoms with Crippen molar-refractivity contribution in [2.75, 3.05) is 42.4 Å². The predicted molar refractivity (Wildman–Crippen MR) is 89.1 cm³/mol. The summed E-state index contributed by atoms with van der Waals surface area (Å²) in [6.45, 7) is 1.45. The standard InChI is InChI=1S/C17H19N3O2/c1-19-11-12-20(15-9-5-4-8-14(15)19)17(21)18-13-7-3-6-10-16(13)22-2/h3-10H,11-12H2,1-2H3,(H,18,21). The van der Waals surface area contributed by atoms with Gasteiger partial charge in [0.05, 0.1) is 24.2 Å². The second-order valence-electron chi connectivity index (χ2n) is 5.19. The highest BCUT2D eigenvalue weighted by atomic mass is 16.5. The molecule has 0 radical (unpaired) electrons. The van der Waals surface area contributed by atoms with E-state index in [2.05, 4.69) is 10.2 Å². The number of fused-ring (bicyclic) bond motifs is 1. The first kappa shape index (κ1) is 14.3. The Morgan fingerprint density at radius 2 is 1.73 bits per heavy atom. The Labute approximate surface area is 130 Å². The largest absolute Gasteiger partial charge is 0.495 e. The molecule has 3 rings (SSSR count). The van der Waals surface area contributed by atoms with E-state index in [9.17, 15) is 4.79 Å². The first-order valence-corrected chi connectivity index (χ1v) is 7.22. The third kappa shape index (κ3) is 2.57. The molecule has 1 N–H and O–H groups in total. The number of hydrogen-bond donors (Lipinski definition) is 1. The molecule has 0 spiro atoms. The lowest BCUT2D eigenvalue weighted by Crippen LogP contribution is -2.44. The van der Waals surface area contributed by atoms with Gasteiger partial charge in [-0.2, -0.15) is 0 Å². The number of likely N-dealkylation sites (N-methyl/N-ethyl adjacent to an activating group) is 1. The molecular formula is C17H19N3O2. The number of nitrogens with zero attached hydrogens (tertiary/aromatic N) is 2. The summed E-state index contributed by atoms with van der Waals surface area (Å²) in [5.41, 5.74) is 2.65. The van der Waals surface area contributed by atoms with Gasteiger partial charge < -0.3 is 15.0 Å². The van der Waals surface area contributed by atoms with Gasteiger partial charge in [-0.05, 0) is 24.3 Å². The minimum atomic E-state index is -0.148. The van der Waals surface area contributed by atoms with Gasteiger partial charge in [-0.25, -0.2) is 4.79 Å². The zero-order chi connectivity index (χ0) is 15.5. The fourth-order valence-electron chi connectivity index (χ4n) is 2.65. The zero-order valence-corrected chi connectivity index (χ0v) is 12.7. The van der Waals surface area contributed by atoms with Crippen LogP contribution in [0.15, 0.2) is 48.5 Å². The Hall–Kier alpha value is -2.69. The number of anilines is 3. The highest BCUT2D eigenvalue weighted by Gasteiger charge is 2.25. The second kappa shape index (κ2) is 5.97. The van der Waals surface area contributed by atoms with Crippen LogP contribution in [0.4, 0.5) is 21.9 Å². The van der Waals surface area contributed by atoms with Crippen molar-refractivity contribution in [2.45, 2.75) is 0 Å². The smallest absolute Gasteiger partial charge is 0.326 e. The maximum absolute atomic E-state index is 12.6. The van der Waals surface area contributed by atoms with Crippen molar-refractivity contribution < 1.29 is 9.53 Å². The molecule has 5 nitrogen and oxygen atoms in total. The van der Waals surface area contributed by atoms with Gasteiger partial charge in [0.25, 0.3) is 0 Å². The van der Waals surface area contributed by atoms with Crippen LogP contribution in [0.2, 0.25) is 0 Å². The third-order valence-electron chi connectivity index (χ3n) is 3.84. The van der Waals surface area contributed by atoms with Crippen molar-refractivity contribution in [2.24, 2.45) is 0 Å². The maximum Gasteiger partial charge on any atom is 0.326 e. The number of ether oxygens (including phenoxy) is 1. The van der Waals surface area contributed by atoms with Gasteiger partial charge in [-0.15, -0.1) is 0 Å². The van der Waals surface area contributed by atoms with E-state index < -0.39 is 0 Å². The number of carbonyl (C=O) groups excluding carboxylic acids is 1. The minimum absolute atomic E-state index is 0.148. The zero-order valence-electron chi connectivity index (χ0n) is 12.7. The van der Waals surface area contributed by atoms with Gasteiger partial charge in [-0.3, -0.25) is 4.90 Å². The Morgan fingerprint density at radius 3 is 2.50 bits per heavy atom. The number of carbonyl (C=O) groups is 1. The van der Waals surface area contributed by atoms with E-state index in [-0.39, 0.29) is 6.03 Å². The van der Waals surface area contributed by atoms with Gasteiger partial charge in [0.15, 0.2) is 0 Å². The number of para-hydroxylation sites is 4. The van der Waals surface area contributed by atoms with E-state index in [1.165, 1.54) is 0 Å². The molecule has 114 valence electrons. The number of amides is 2. The summed E-state index contributed by atoms with van der Waals surface area (Å²) in [6, 6.07) is 15.2. The van der Waals surface area contributed by atoms with E-state index >= 15 is 0 Å². The monoisotopic (exact) mass is 297 g/mol. The number of hydrogen-bond acceptors (Lipinski definition) is 3. The molecule has 2 amide bonds. The van der Waals surface area contributed by atoms with Crippen LogP contribution in [0.3, 0.4) is 0 Å². The normalized spacial score (nSPS) is 13.5. The number of benzene rings is 2.